The normalized spacial score (nSPS) is 12.4. The third kappa shape index (κ3) is 3.60. The summed E-state index contributed by atoms with van der Waals surface area (Å²) in [5.74, 6) is 0.306. The van der Waals surface area contributed by atoms with Gasteiger partial charge in [-0.3, -0.25) is 4.79 Å². The molecule has 1 aromatic rings. The largest absolute Gasteiger partial charge is 0.370 e. The van der Waals surface area contributed by atoms with Gasteiger partial charge in [-0.15, -0.1) is 0 Å². The molecule has 1 amide bonds. The summed E-state index contributed by atoms with van der Waals surface area (Å²) in [6.07, 6.45) is 2.40. The number of primary amides is 1. The second kappa shape index (κ2) is 5.43. The van der Waals surface area contributed by atoms with Crippen molar-refractivity contribution in [2.75, 3.05) is 0 Å². The number of rotatable bonds is 5. The van der Waals surface area contributed by atoms with Crippen LogP contribution in [0.25, 0.3) is 0 Å². The first kappa shape index (κ1) is 10.8. The highest BCUT2D eigenvalue weighted by molar-refractivity contribution is 5.73. The third-order valence-electron chi connectivity index (χ3n) is 2.43. The van der Waals surface area contributed by atoms with Crippen LogP contribution in [0.4, 0.5) is 0 Å². The van der Waals surface area contributed by atoms with E-state index in [0.29, 0.717) is 12.3 Å². The van der Waals surface area contributed by atoms with Gasteiger partial charge in [0.15, 0.2) is 0 Å². The maximum absolute atomic E-state index is 10.5. The molecule has 1 aromatic carbocycles. The van der Waals surface area contributed by atoms with E-state index in [9.17, 15) is 4.79 Å². The molecule has 0 aliphatic heterocycles. The number of nitrogens with two attached hydrogens (primary N) is 1. The molecule has 1 rings (SSSR count). The van der Waals surface area contributed by atoms with E-state index in [1.165, 1.54) is 5.56 Å². The number of carbonyl (C=O) groups excluding carboxylic acids is 1. The minimum Gasteiger partial charge on any atom is -0.370 e. The summed E-state index contributed by atoms with van der Waals surface area (Å²) in [5.41, 5.74) is 6.41. The van der Waals surface area contributed by atoms with E-state index in [2.05, 4.69) is 19.1 Å². The van der Waals surface area contributed by atoms with E-state index in [1.54, 1.807) is 0 Å². The van der Waals surface area contributed by atoms with E-state index < -0.39 is 0 Å². The second-order valence-electron chi connectivity index (χ2n) is 3.67. The van der Waals surface area contributed by atoms with Gasteiger partial charge in [0.25, 0.3) is 0 Å². The zero-order valence-corrected chi connectivity index (χ0v) is 8.57. The van der Waals surface area contributed by atoms with Crippen molar-refractivity contribution in [2.45, 2.75) is 32.1 Å². The summed E-state index contributed by atoms with van der Waals surface area (Å²) in [5, 5.41) is 0. The first-order chi connectivity index (χ1) is 6.70. The van der Waals surface area contributed by atoms with Crippen LogP contribution in [0.2, 0.25) is 0 Å². The zero-order valence-electron chi connectivity index (χ0n) is 8.57. The SMILES string of the molecule is C[C@H](CCCC(N)=O)c1ccccc1. The number of hydrogen-bond acceptors (Lipinski definition) is 1. The fourth-order valence-corrected chi connectivity index (χ4v) is 1.53. The topological polar surface area (TPSA) is 43.1 Å². The maximum Gasteiger partial charge on any atom is 0.217 e. The average molecular weight is 191 g/mol. The number of benzene rings is 1. The Bertz CT molecular complexity index is 282. The molecule has 0 aliphatic carbocycles. The molecule has 0 unspecified atom stereocenters. The predicted molar refractivity (Wildman–Crippen MR) is 57.9 cm³/mol. The smallest absolute Gasteiger partial charge is 0.217 e. The van der Waals surface area contributed by atoms with Crippen LogP contribution < -0.4 is 5.73 Å². The van der Waals surface area contributed by atoms with E-state index in [4.69, 9.17) is 5.73 Å². The lowest BCUT2D eigenvalue weighted by molar-refractivity contribution is -0.118. The molecule has 0 aliphatic rings. The van der Waals surface area contributed by atoms with Crippen LogP contribution in [-0.2, 0) is 4.79 Å². The molecule has 14 heavy (non-hydrogen) atoms. The first-order valence-electron chi connectivity index (χ1n) is 5.03. The standard InChI is InChI=1S/C12H17NO/c1-10(6-5-9-12(13)14)11-7-3-2-4-8-11/h2-4,7-8,10H,5-6,9H2,1H3,(H2,13,14)/t10-/m1/s1. The summed E-state index contributed by atoms with van der Waals surface area (Å²) < 4.78 is 0. The van der Waals surface area contributed by atoms with Gasteiger partial charge in [0.05, 0.1) is 0 Å². The molecule has 2 nitrogen and oxygen atoms in total. The van der Waals surface area contributed by atoms with Crippen LogP contribution in [0.3, 0.4) is 0 Å². The summed E-state index contributed by atoms with van der Waals surface area (Å²) in [6, 6.07) is 10.3. The Morgan fingerprint density at radius 2 is 2.00 bits per heavy atom. The van der Waals surface area contributed by atoms with Gasteiger partial charge in [-0.2, -0.15) is 0 Å². The molecule has 0 saturated carbocycles. The van der Waals surface area contributed by atoms with Crippen molar-refractivity contribution >= 4 is 5.91 Å². The first-order valence-corrected chi connectivity index (χ1v) is 5.03. The van der Waals surface area contributed by atoms with Crippen LogP contribution in [0, 0.1) is 0 Å². The Kier molecular flexibility index (Phi) is 4.17. The average Bonchev–Trinajstić information content (AvgIpc) is 2.18. The summed E-state index contributed by atoms with van der Waals surface area (Å²) in [7, 11) is 0. The minimum atomic E-state index is -0.203. The minimum absolute atomic E-state index is 0.203. The van der Waals surface area contributed by atoms with Crippen LogP contribution in [0.1, 0.15) is 37.7 Å². The molecule has 0 heterocycles. The molecule has 0 radical (unpaired) electrons. The lowest BCUT2D eigenvalue weighted by atomic mass is 9.95. The van der Waals surface area contributed by atoms with Crippen LogP contribution in [0.5, 0.6) is 0 Å². The van der Waals surface area contributed by atoms with Crippen molar-refractivity contribution in [3.8, 4) is 0 Å². The van der Waals surface area contributed by atoms with Gasteiger partial charge in [-0.25, -0.2) is 0 Å². The van der Waals surface area contributed by atoms with Crippen molar-refractivity contribution < 1.29 is 4.79 Å². The molecular weight excluding hydrogens is 174 g/mol. The number of carbonyl (C=O) groups is 1. The molecule has 76 valence electrons. The van der Waals surface area contributed by atoms with E-state index in [1.807, 2.05) is 18.2 Å². The molecule has 0 fully saturated rings. The van der Waals surface area contributed by atoms with Crippen LogP contribution >= 0.6 is 0 Å². The highest BCUT2D eigenvalue weighted by Crippen LogP contribution is 2.20. The Morgan fingerprint density at radius 1 is 1.36 bits per heavy atom. The van der Waals surface area contributed by atoms with E-state index in [-0.39, 0.29) is 5.91 Å². The van der Waals surface area contributed by atoms with Gasteiger partial charge in [0.2, 0.25) is 5.91 Å². The van der Waals surface area contributed by atoms with Crippen LogP contribution in [-0.4, -0.2) is 5.91 Å². The van der Waals surface area contributed by atoms with Crippen LogP contribution in [0.15, 0.2) is 30.3 Å². The number of amides is 1. The lowest BCUT2D eigenvalue weighted by Gasteiger charge is -2.10. The van der Waals surface area contributed by atoms with Gasteiger partial charge in [0.1, 0.15) is 0 Å². The second-order valence-corrected chi connectivity index (χ2v) is 3.67. The highest BCUT2D eigenvalue weighted by Gasteiger charge is 2.04. The molecule has 0 aromatic heterocycles. The summed E-state index contributed by atoms with van der Waals surface area (Å²) in [6.45, 7) is 2.18. The maximum atomic E-state index is 10.5. The molecular formula is C12H17NO. The molecule has 2 heteroatoms. The van der Waals surface area contributed by atoms with Crippen molar-refractivity contribution in [1.29, 1.82) is 0 Å². The van der Waals surface area contributed by atoms with E-state index >= 15 is 0 Å². The monoisotopic (exact) mass is 191 g/mol. The van der Waals surface area contributed by atoms with E-state index in [0.717, 1.165) is 12.8 Å². The van der Waals surface area contributed by atoms with Gasteiger partial charge < -0.3 is 5.73 Å². The molecule has 0 spiro atoms. The van der Waals surface area contributed by atoms with Crippen molar-refractivity contribution in [2.24, 2.45) is 5.73 Å². The van der Waals surface area contributed by atoms with Gasteiger partial charge >= 0.3 is 0 Å². The highest BCUT2D eigenvalue weighted by atomic mass is 16.1. The van der Waals surface area contributed by atoms with Crippen molar-refractivity contribution in [1.82, 2.24) is 0 Å². The fraction of sp³-hybridized carbons (Fsp3) is 0.417. The van der Waals surface area contributed by atoms with Gasteiger partial charge in [-0.05, 0) is 24.3 Å². The quantitative estimate of drug-likeness (QED) is 0.763. The summed E-state index contributed by atoms with van der Waals surface area (Å²) in [4.78, 5) is 10.5. The summed E-state index contributed by atoms with van der Waals surface area (Å²) >= 11 is 0. The Labute approximate surface area is 85.1 Å². The molecule has 1 atom stereocenters. The number of hydrogen-bond donors (Lipinski definition) is 1. The van der Waals surface area contributed by atoms with Gasteiger partial charge in [-0.1, -0.05) is 37.3 Å². The van der Waals surface area contributed by atoms with Crippen molar-refractivity contribution in [3.05, 3.63) is 35.9 Å². The third-order valence-corrected chi connectivity index (χ3v) is 2.43. The Balaban J connectivity index is 2.36. The Hall–Kier alpha value is -1.31. The molecule has 0 bridgehead atoms. The zero-order chi connectivity index (χ0) is 10.4. The molecule has 0 saturated heterocycles. The Morgan fingerprint density at radius 3 is 2.57 bits per heavy atom. The fourth-order valence-electron chi connectivity index (χ4n) is 1.53. The van der Waals surface area contributed by atoms with Crippen molar-refractivity contribution in [3.63, 3.8) is 0 Å². The molecule has 2 N–H and O–H groups in total. The predicted octanol–water partition coefficient (Wildman–Crippen LogP) is 2.45. The van der Waals surface area contributed by atoms with Gasteiger partial charge in [0, 0.05) is 6.42 Å². The lowest BCUT2D eigenvalue weighted by Crippen LogP contribution is -2.10.